The monoisotopic (exact) mass is 234 g/mol. The molecule has 0 aliphatic carbocycles. The smallest absolute Gasteiger partial charge is 0.100 e. The third kappa shape index (κ3) is 1.72. The summed E-state index contributed by atoms with van der Waals surface area (Å²) in [6.45, 7) is 5.88. The molecule has 0 fully saturated rings. The van der Waals surface area contributed by atoms with Crippen LogP contribution in [0.25, 0.3) is 22.8 Å². The summed E-state index contributed by atoms with van der Waals surface area (Å²) < 4.78 is 2.11. The van der Waals surface area contributed by atoms with Crippen molar-refractivity contribution in [1.82, 2.24) is 9.55 Å². The summed E-state index contributed by atoms with van der Waals surface area (Å²) in [5.41, 5.74) is 5.60. The molecule has 3 aromatic rings. The molecule has 2 aromatic carbocycles. The lowest BCUT2D eigenvalue weighted by atomic mass is 10.2. The van der Waals surface area contributed by atoms with Gasteiger partial charge >= 0.3 is 0 Å². The maximum atomic E-state index is 4.45. The van der Waals surface area contributed by atoms with Gasteiger partial charge in [0, 0.05) is 5.69 Å². The van der Waals surface area contributed by atoms with Gasteiger partial charge in [-0.05, 0) is 42.3 Å². The Kier molecular flexibility index (Phi) is 2.49. The Morgan fingerprint density at radius 3 is 2.83 bits per heavy atom. The Morgan fingerprint density at radius 2 is 2.06 bits per heavy atom. The van der Waals surface area contributed by atoms with E-state index in [1.54, 1.807) is 0 Å². The number of hydrogen-bond acceptors (Lipinski definition) is 1. The maximum absolute atomic E-state index is 4.45. The number of rotatable bonds is 2. The van der Waals surface area contributed by atoms with Crippen LogP contribution in [0.1, 0.15) is 11.1 Å². The average molecular weight is 234 g/mol. The molecule has 0 bridgehead atoms. The van der Waals surface area contributed by atoms with Crippen molar-refractivity contribution >= 4 is 17.1 Å². The second-order valence-electron chi connectivity index (χ2n) is 4.41. The Hall–Kier alpha value is -2.35. The molecule has 2 heteroatoms. The van der Waals surface area contributed by atoms with Crippen LogP contribution in [0.2, 0.25) is 0 Å². The standard InChI is InChI=1S/C16H14N2/c1-3-13-7-8-16-15(10-13)17-11-18(16)14-6-4-5-12(2)9-14/h3-11H,1H2,2H3. The second kappa shape index (κ2) is 4.15. The van der Waals surface area contributed by atoms with Crippen molar-refractivity contribution in [2.75, 3.05) is 0 Å². The highest BCUT2D eigenvalue weighted by Gasteiger charge is 2.04. The Bertz CT molecular complexity index is 723. The highest BCUT2D eigenvalue weighted by Crippen LogP contribution is 2.20. The third-order valence-electron chi connectivity index (χ3n) is 3.09. The molecule has 0 spiro atoms. The fraction of sp³-hybridized carbons (Fsp3) is 0.0625. The second-order valence-corrected chi connectivity index (χ2v) is 4.41. The first-order valence-electron chi connectivity index (χ1n) is 5.94. The number of benzene rings is 2. The summed E-state index contributed by atoms with van der Waals surface area (Å²) in [6.07, 6.45) is 3.71. The fourth-order valence-electron chi connectivity index (χ4n) is 2.14. The van der Waals surface area contributed by atoms with E-state index >= 15 is 0 Å². The van der Waals surface area contributed by atoms with Crippen molar-refractivity contribution in [1.29, 1.82) is 0 Å². The average Bonchev–Trinajstić information content (AvgIpc) is 2.81. The van der Waals surface area contributed by atoms with Gasteiger partial charge in [0.1, 0.15) is 6.33 Å². The summed E-state index contributed by atoms with van der Waals surface area (Å²) >= 11 is 0. The molecule has 2 nitrogen and oxygen atoms in total. The lowest BCUT2D eigenvalue weighted by Gasteiger charge is -2.05. The minimum absolute atomic E-state index is 0.994. The highest BCUT2D eigenvalue weighted by molar-refractivity contribution is 5.80. The largest absolute Gasteiger partial charge is 0.299 e. The molecule has 0 atom stereocenters. The molecule has 0 unspecified atom stereocenters. The van der Waals surface area contributed by atoms with E-state index in [-0.39, 0.29) is 0 Å². The molecule has 0 radical (unpaired) electrons. The molecular formula is C16H14N2. The number of aromatic nitrogens is 2. The van der Waals surface area contributed by atoms with Crippen LogP contribution in [0, 0.1) is 6.92 Å². The zero-order valence-corrected chi connectivity index (χ0v) is 10.3. The van der Waals surface area contributed by atoms with Crippen molar-refractivity contribution in [2.24, 2.45) is 0 Å². The summed E-state index contributed by atoms with van der Waals surface area (Å²) in [5.74, 6) is 0. The van der Waals surface area contributed by atoms with Crippen molar-refractivity contribution in [3.8, 4) is 5.69 Å². The van der Waals surface area contributed by atoms with Crippen LogP contribution in [0.4, 0.5) is 0 Å². The quantitative estimate of drug-likeness (QED) is 0.656. The number of fused-ring (bicyclic) bond motifs is 1. The SMILES string of the molecule is C=Cc1ccc2c(c1)ncn2-c1cccc(C)c1. The minimum Gasteiger partial charge on any atom is -0.299 e. The van der Waals surface area contributed by atoms with E-state index in [9.17, 15) is 0 Å². The van der Waals surface area contributed by atoms with Gasteiger partial charge in [0.15, 0.2) is 0 Å². The van der Waals surface area contributed by atoms with Gasteiger partial charge in [0.05, 0.1) is 11.0 Å². The van der Waals surface area contributed by atoms with E-state index in [4.69, 9.17) is 0 Å². The van der Waals surface area contributed by atoms with Crippen LogP contribution in [0.3, 0.4) is 0 Å². The summed E-state index contributed by atoms with van der Waals surface area (Å²) in [6, 6.07) is 14.6. The third-order valence-corrected chi connectivity index (χ3v) is 3.09. The zero-order valence-electron chi connectivity index (χ0n) is 10.3. The van der Waals surface area contributed by atoms with Gasteiger partial charge in [0.2, 0.25) is 0 Å². The normalized spacial score (nSPS) is 10.7. The zero-order chi connectivity index (χ0) is 12.5. The van der Waals surface area contributed by atoms with Gasteiger partial charge in [-0.3, -0.25) is 4.57 Å². The van der Waals surface area contributed by atoms with Crippen LogP contribution >= 0.6 is 0 Å². The first-order chi connectivity index (χ1) is 8.78. The van der Waals surface area contributed by atoms with Crippen molar-refractivity contribution in [2.45, 2.75) is 6.92 Å². The van der Waals surface area contributed by atoms with Crippen LogP contribution in [-0.2, 0) is 0 Å². The molecule has 88 valence electrons. The van der Waals surface area contributed by atoms with Crippen LogP contribution < -0.4 is 0 Å². The predicted molar refractivity (Wildman–Crippen MR) is 75.9 cm³/mol. The molecular weight excluding hydrogens is 220 g/mol. The predicted octanol–water partition coefficient (Wildman–Crippen LogP) is 3.98. The molecule has 0 saturated heterocycles. The number of aryl methyl sites for hydroxylation is 1. The number of imidazole rings is 1. The first-order valence-corrected chi connectivity index (χ1v) is 5.94. The van der Waals surface area contributed by atoms with E-state index in [0.717, 1.165) is 22.3 Å². The summed E-state index contributed by atoms with van der Waals surface area (Å²) in [7, 11) is 0. The summed E-state index contributed by atoms with van der Waals surface area (Å²) in [4.78, 5) is 4.45. The van der Waals surface area contributed by atoms with Crippen LogP contribution in [-0.4, -0.2) is 9.55 Å². The van der Waals surface area contributed by atoms with Gasteiger partial charge in [-0.2, -0.15) is 0 Å². The molecule has 0 amide bonds. The molecule has 0 aliphatic rings. The highest BCUT2D eigenvalue weighted by atomic mass is 15.0. The maximum Gasteiger partial charge on any atom is 0.100 e. The van der Waals surface area contributed by atoms with Gasteiger partial charge in [-0.1, -0.05) is 30.9 Å². The van der Waals surface area contributed by atoms with E-state index in [1.165, 1.54) is 5.56 Å². The molecule has 1 aromatic heterocycles. The number of nitrogens with zero attached hydrogens (tertiary/aromatic N) is 2. The Morgan fingerprint density at radius 1 is 1.17 bits per heavy atom. The van der Waals surface area contributed by atoms with Gasteiger partial charge < -0.3 is 0 Å². The Labute approximate surface area is 106 Å². The minimum atomic E-state index is 0.994. The first kappa shape index (κ1) is 10.8. The molecule has 0 aliphatic heterocycles. The van der Waals surface area contributed by atoms with Crippen molar-refractivity contribution < 1.29 is 0 Å². The fourth-order valence-corrected chi connectivity index (χ4v) is 2.14. The van der Waals surface area contributed by atoms with Crippen molar-refractivity contribution in [3.05, 3.63) is 66.5 Å². The Balaban J connectivity index is 2.21. The van der Waals surface area contributed by atoms with E-state index in [2.05, 4.69) is 65.5 Å². The molecule has 1 heterocycles. The lowest BCUT2D eigenvalue weighted by molar-refractivity contribution is 1.09. The van der Waals surface area contributed by atoms with Crippen LogP contribution in [0.15, 0.2) is 55.4 Å². The van der Waals surface area contributed by atoms with Crippen molar-refractivity contribution in [3.63, 3.8) is 0 Å². The van der Waals surface area contributed by atoms with Crippen LogP contribution in [0.5, 0.6) is 0 Å². The molecule has 18 heavy (non-hydrogen) atoms. The molecule has 0 saturated carbocycles. The van der Waals surface area contributed by atoms with E-state index < -0.39 is 0 Å². The van der Waals surface area contributed by atoms with Gasteiger partial charge in [0.25, 0.3) is 0 Å². The van der Waals surface area contributed by atoms with E-state index in [1.807, 2.05) is 12.4 Å². The van der Waals surface area contributed by atoms with Gasteiger partial charge in [-0.15, -0.1) is 0 Å². The molecule has 0 N–H and O–H groups in total. The summed E-state index contributed by atoms with van der Waals surface area (Å²) in [5, 5.41) is 0. The topological polar surface area (TPSA) is 17.8 Å². The number of hydrogen-bond donors (Lipinski definition) is 0. The van der Waals surface area contributed by atoms with E-state index in [0.29, 0.717) is 0 Å². The lowest BCUT2D eigenvalue weighted by Crippen LogP contribution is -1.91. The van der Waals surface area contributed by atoms with Gasteiger partial charge in [-0.25, -0.2) is 4.98 Å². The molecule has 3 rings (SSSR count).